The fraction of sp³-hybridized carbons (Fsp3) is 1.00. The van der Waals surface area contributed by atoms with E-state index in [-0.39, 0.29) is 12.0 Å². The molecule has 0 aliphatic carbocycles. The third-order valence-electron chi connectivity index (χ3n) is 2.63. The molecular formula is C10H21F3N2. The fourth-order valence-corrected chi connectivity index (χ4v) is 1.49. The molecule has 5 heteroatoms. The Hall–Kier alpha value is -0.290. The minimum Gasteiger partial charge on any atom is -0.329 e. The van der Waals surface area contributed by atoms with E-state index < -0.39 is 12.6 Å². The molecule has 0 atom stereocenters. The highest BCUT2D eigenvalue weighted by Crippen LogP contribution is 2.22. The maximum atomic E-state index is 11.9. The molecule has 0 unspecified atom stereocenters. The Morgan fingerprint density at radius 3 is 2.07 bits per heavy atom. The summed E-state index contributed by atoms with van der Waals surface area (Å²) in [6.45, 7) is 7.45. The Balaban J connectivity index is 4.02. The van der Waals surface area contributed by atoms with Crippen LogP contribution in [0, 0.1) is 0 Å². The van der Waals surface area contributed by atoms with E-state index in [1.807, 2.05) is 25.7 Å². The van der Waals surface area contributed by atoms with Gasteiger partial charge in [-0.3, -0.25) is 4.90 Å². The van der Waals surface area contributed by atoms with Gasteiger partial charge in [0, 0.05) is 18.5 Å². The molecule has 15 heavy (non-hydrogen) atoms. The van der Waals surface area contributed by atoms with E-state index in [9.17, 15) is 13.2 Å². The van der Waals surface area contributed by atoms with Gasteiger partial charge in [-0.25, -0.2) is 0 Å². The average Bonchev–Trinajstić information content (AvgIpc) is 2.10. The first kappa shape index (κ1) is 14.7. The van der Waals surface area contributed by atoms with E-state index in [1.54, 1.807) is 0 Å². The zero-order valence-electron chi connectivity index (χ0n) is 9.69. The van der Waals surface area contributed by atoms with Crippen LogP contribution in [-0.2, 0) is 0 Å². The average molecular weight is 226 g/mol. The smallest absolute Gasteiger partial charge is 0.329 e. The molecule has 0 saturated carbocycles. The summed E-state index contributed by atoms with van der Waals surface area (Å²) in [5.41, 5.74) is 5.35. The first-order chi connectivity index (χ1) is 6.73. The lowest BCUT2D eigenvalue weighted by Crippen LogP contribution is -2.49. The number of nitrogens with zero attached hydrogens (tertiary/aromatic N) is 1. The molecule has 0 aliphatic heterocycles. The Morgan fingerprint density at radius 1 is 1.20 bits per heavy atom. The van der Waals surface area contributed by atoms with Gasteiger partial charge in [0.25, 0.3) is 0 Å². The third kappa shape index (κ3) is 5.99. The van der Waals surface area contributed by atoms with Crippen molar-refractivity contribution in [1.29, 1.82) is 0 Å². The molecule has 0 radical (unpaired) electrons. The minimum absolute atomic E-state index is 0.140. The fourth-order valence-electron chi connectivity index (χ4n) is 1.49. The normalized spacial score (nSPS) is 13.6. The van der Waals surface area contributed by atoms with E-state index in [2.05, 4.69) is 0 Å². The van der Waals surface area contributed by atoms with Gasteiger partial charge in [-0.15, -0.1) is 0 Å². The summed E-state index contributed by atoms with van der Waals surface area (Å²) in [7, 11) is 0. The topological polar surface area (TPSA) is 29.3 Å². The highest BCUT2D eigenvalue weighted by molar-refractivity contribution is 4.81. The molecule has 0 aliphatic rings. The molecule has 0 aromatic heterocycles. The van der Waals surface area contributed by atoms with Crippen molar-refractivity contribution in [2.45, 2.75) is 45.3 Å². The third-order valence-corrected chi connectivity index (χ3v) is 2.63. The quantitative estimate of drug-likeness (QED) is 0.753. The van der Waals surface area contributed by atoms with Crippen LogP contribution in [0.4, 0.5) is 13.2 Å². The molecule has 0 aromatic carbocycles. The van der Waals surface area contributed by atoms with E-state index in [1.165, 1.54) is 0 Å². The molecule has 0 bridgehead atoms. The molecule has 0 amide bonds. The first-order valence-electron chi connectivity index (χ1n) is 5.25. The Kier molecular flexibility index (Phi) is 5.59. The van der Waals surface area contributed by atoms with Crippen molar-refractivity contribution in [3.8, 4) is 0 Å². The van der Waals surface area contributed by atoms with Gasteiger partial charge < -0.3 is 5.73 Å². The summed E-state index contributed by atoms with van der Waals surface area (Å²) < 4.78 is 35.8. The second kappa shape index (κ2) is 5.70. The molecule has 0 rings (SSSR count). The number of likely N-dealkylation sites (N-methyl/N-ethyl adjacent to an activating group) is 1. The zero-order chi connectivity index (χ0) is 12.1. The van der Waals surface area contributed by atoms with Crippen LogP contribution in [0.5, 0.6) is 0 Å². The summed E-state index contributed by atoms with van der Waals surface area (Å²) in [5.74, 6) is 0. The lowest BCUT2D eigenvalue weighted by Gasteiger charge is -2.37. The molecule has 2 N–H and O–H groups in total. The Morgan fingerprint density at radius 2 is 1.73 bits per heavy atom. The highest BCUT2D eigenvalue weighted by Gasteiger charge is 2.28. The standard InChI is InChI=1S/C10H21F3N2/c1-4-15(9(2,3)8-14)7-5-6-10(11,12)13/h4-8,14H2,1-3H3. The van der Waals surface area contributed by atoms with Crippen molar-refractivity contribution < 1.29 is 13.2 Å². The van der Waals surface area contributed by atoms with Crippen LogP contribution in [0.25, 0.3) is 0 Å². The van der Waals surface area contributed by atoms with Gasteiger partial charge in [0.15, 0.2) is 0 Å². The molecule has 0 spiro atoms. The van der Waals surface area contributed by atoms with Crippen LogP contribution in [0.15, 0.2) is 0 Å². The van der Waals surface area contributed by atoms with Crippen LogP contribution >= 0.6 is 0 Å². The summed E-state index contributed by atoms with van der Waals surface area (Å²) in [6, 6.07) is 0. The molecular weight excluding hydrogens is 205 g/mol. The van der Waals surface area contributed by atoms with E-state index in [0.717, 1.165) is 6.54 Å². The van der Waals surface area contributed by atoms with Gasteiger partial charge in [-0.2, -0.15) is 13.2 Å². The Labute approximate surface area is 89.6 Å². The van der Waals surface area contributed by atoms with Gasteiger partial charge in [0.2, 0.25) is 0 Å². The summed E-state index contributed by atoms with van der Waals surface area (Å²) in [6.07, 6.45) is -4.63. The van der Waals surface area contributed by atoms with Crippen molar-refractivity contribution in [3.05, 3.63) is 0 Å². The van der Waals surface area contributed by atoms with E-state index >= 15 is 0 Å². The second-order valence-corrected chi connectivity index (χ2v) is 4.31. The second-order valence-electron chi connectivity index (χ2n) is 4.31. The number of halogens is 3. The lowest BCUT2D eigenvalue weighted by molar-refractivity contribution is -0.136. The highest BCUT2D eigenvalue weighted by atomic mass is 19.4. The summed E-state index contributed by atoms with van der Waals surface area (Å²) in [5, 5.41) is 0. The molecule has 0 aromatic rings. The van der Waals surface area contributed by atoms with Gasteiger partial charge in [0.05, 0.1) is 0 Å². The van der Waals surface area contributed by atoms with Gasteiger partial charge in [-0.1, -0.05) is 6.92 Å². The van der Waals surface area contributed by atoms with Gasteiger partial charge in [-0.05, 0) is 33.4 Å². The Bertz CT molecular complexity index is 178. The maximum Gasteiger partial charge on any atom is 0.389 e. The summed E-state index contributed by atoms with van der Waals surface area (Å²) >= 11 is 0. The SMILES string of the molecule is CCN(CCCC(F)(F)F)C(C)(C)CN. The number of alkyl halides is 3. The van der Waals surface area contributed by atoms with Crippen molar-refractivity contribution in [2.24, 2.45) is 5.73 Å². The largest absolute Gasteiger partial charge is 0.389 e. The zero-order valence-corrected chi connectivity index (χ0v) is 9.69. The lowest BCUT2D eigenvalue weighted by atomic mass is 10.0. The van der Waals surface area contributed by atoms with Crippen molar-refractivity contribution in [1.82, 2.24) is 4.90 Å². The van der Waals surface area contributed by atoms with Crippen LogP contribution in [-0.4, -0.2) is 36.2 Å². The number of hydrogen-bond donors (Lipinski definition) is 1. The molecule has 2 nitrogen and oxygen atoms in total. The minimum atomic E-state index is -4.05. The first-order valence-corrected chi connectivity index (χ1v) is 5.25. The van der Waals surface area contributed by atoms with E-state index in [0.29, 0.717) is 13.1 Å². The molecule has 0 heterocycles. The van der Waals surface area contributed by atoms with Crippen LogP contribution in [0.2, 0.25) is 0 Å². The van der Waals surface area contributed by atoms with E-state index in [4.69, 9.17) is 5.73 Å². The molecule has 0 fully saturated rings. The van der Waals surface area contributed by atoms with Crippen molar-refractivity contribution in [3.63, 3.8) is 0 Å². The van der Waals surface area contributed by atoms with Crippen LogP contribution in [0.3, 0.4) is 0 Å². The number of nitrogens with two attached hydrogens (primary N) is 1. The number of rotatable bonds is 6. The summed E-state index contributed by atoms with van der Waals surface area (Å²) in [4.78, 5) is 1.98. The van der Waals surface area contributed by atoms with Crippen LogP contribution < -0.4 is 5.73 Å². The van der Waals surface area contributed by atoms with Crippen LogP contribution in [0.1, 0.15) is 33.6 Å². The van der Waals surface area contributed by atoms with Gasteiger partial charge in [0.1, 0.15) is 0 Å². The predicted molar refractivity (Wildman–Crippen MR) is 55.7 cm³/mol. The molecule has 92 valence electrons. The number of hydrogen-bond acceptors (Lipinski definition) is 2. The van der Waals surface area contributed by atoms with Crippen molar-refractivity contribution in [2.75, 3.05) is 19.6 Å². The monoisotopic (exact) mass is 226 g/mol. The predicted octanol–water partition coefficient (Wildman–Crippen LogP) is 2.39. The van der Waals surface area contributed by atoms with Crippen molar-refractivity contribution >= 4 is 0 Å². The van der Waals surface area contributed by atoms with Gasteiger partial charge >= 0.3 is 6.18 Å². The molecule has 0 saturated heterocycles. The maximum absolute atomic E-state index is 11.9.